The van der Waals surface area contributed by atoms with Crippen molar-refractivity contribution in [3.8, 4) is 5.75 Å². The van der Waals surface area contributed by atoms with Gasteiger partial charge in [-0.05, 0) is 59.0 Å². The maximum atomic E-state index is 14.0. The van der Waals surface area contributed by atoms with Crippen molar-refractivity contribution < 1.29 is 23.8 Å². The van der Waals surface area contributed by atoms with Gasteiger partial charge in [-0.2, -0.15) is 0 Å². The predicted molar refractivity (Wildman–Crippen MR) is 157 cm³/mol. The highest BCUT2D eigenvalue weighted by Gasteiger charge is 2.53. The number of azide groups is 1. The number of aliphatic hydroxyl groups excluding tert-OH is 1. The number of hydrogen-bond donors (Lipinski definition) is 3. The van der Waals surface area contributed by atoms with E-state index in [1.165, 1.54) is 6.07 Å². The molecule has 0 spiro atoms. The van der Waals surface area contributed by atoms with Gasteiger partial charge in [-0.15, -0.1) is 6.58 Å². The summed E-state index contributed by atoms with van der Waals surface area (Å²) in [5, 5.41) is 12.7. The molecule has 10 nitrogen and oxygen atoms in total. The van der Waals surface area contributed by atoms with E-state index >= 15 is 0 Å². The molecule has 0 fully saturated rings. The minimum atomic E-state index is -1.45. The molecule has 0 bridgehead atoms. The first-order chi connectivity index (χ1) is 20.5. The van der Waals surface area contributed by atoms with Gasteiger partial charge >= 0.3 is 0 Å². The Hall–Kier alpha value is -4.70. The van der Waals surface area contributed by atoms with Crippen molar-refractivity contribution in [3.05, 3.63) is 124 Å². The lowest BCUT2D eigenvalue weighted by Gasteiger charge is -2.30. The Morgan fingerprint density at radius 3 is 2.62 bits per heavy atom. The van der Waals surface area contributed by atoms with Crippen molar-refractivity contribution in [1.82, 2.24) is 10.9 Å². The topological polar surface area (TPSA) is 141 Å². The summed E-state index contributed by atoms with van der Waals surface area (Å²) < 4.78 is 26.1. The third-order valence-electron chi connectivity index (χ3n) is 6.81. The lowest BCUT2D eigenvalue weighted by molar-refractivity contribution is -0.129. The van der Waals surface area contributed by atoms with E-state index in [1.54, 1.807) is 48.5 Å². The number of hydrazine groups is 1. The van der Waals surface area contributed by atoms with Crippen LogP contribution in [-0.2, 0) is 22.5 Å². The van der Waals surface area contributed by atoms with E-state index < -0.39 is 17.6 Å². The average Bonchev–Trinajstić information content (AvgIpc) is 3.40. The maximum absolute atomic E-state index is 14.0. The third-order valence-corrected chi connectivity index (χ3v) is 6.81. The van der Waals surface area contributed by atoms with Crippen LogP contribution in [-0.4, -0.2) is 42.2 Å². The molecule has 4 rings (SSSR count). The van der Waals surface area contributed by atoms with Crippen LogP contribution >= 0.6 is 0 Å². The van der Waals surface area contributed by atoms with Crippen molar-refractivity contribution in [2.45, 2.75) is 37.5 Å². The number of hydrogen-bond acceptors (Lipinski definition) is 7. The molecule has 1 aliphatic rings. The van der Waals surface area contributed by atoms with Crippen molar-refractivity contribution in [1.29, 1.82) is 0 Å². The first-order valence-corrected chi connectivity index (χ1v) is 13.6. The Morgan fingerprint density at radius 1 is 1.17 bits per heavy atom. The van der Waals surface area contributed by atoms with Crippen LogP contribution in [0.3, 0.4) is 0 Å². The molecule has 218 valence electrons. The van der Waals surface area contributed by atoms with E-state index in [9.17, 15) is 9.18 Å². The summed E-state index contributed by atoms with van der Waals surface area (Å²) in [6.45, 7) is 4.64. The fourth-order valence-corrected chi connectivity index (χ4v) is 4.70. The first-order valence-electron chi connectivity index (χ1n) is 13.6. The first kappa shape index (κ1) is 30.3. The molecule has 0 saturated carbocycles. The molecule has 11 heteroatoms. The summed E-state index contributed by atoms with van der Waals surface area (Å²) in [5.74, 6) is 0.104. The molecule has 1 amide bonds. The van der Waals surface area contributed by atoms with Gasteiger partial charge in [-0.1, -0.05) is 53.7 Å². The van der Waals surface area contributed by atoms with E-state index in [0.29, 0.717) is 47.5 Å². The SMILES string of the molecule is C=CC[C@]1(C(=O)NNCCc2ccccc2F)N=C(c2ccc(OCCCO)cc2)O[C@H]1c1ccccc1CN=[N+]=[N-]. The maximum Gasteiger partial charge on any atom is 0.266 e. The number of rotatable bonds is 15. The van der Waals surface area contributed by atoms with E-state index in [1.807, 2.05) is 24.3 Å². The van der Waals surface area contributed by atoms with Crippen molar-refractivity contribution in [3.63, 3.8) is 0 Å². The van der Waals surface area contributed by atoms with Crippen LogP contribution in [0.1, 0.15) is 41.2 Å². The van der Waals surface area contributed by atoms with Crippen molar-refractivity contribution in [2.24, 2.45) is 10.1 Å². The molecule has 3 N–H and O–H groups in total. The number of carbonyl (C=O) groups is 1. The third kappa shape index (κ3) is 7.13. The Balaban J connectivity index is 1.64. The summed E-state index contributed by atoms with van der Waals surface area (Å²) >= 11 is 0. The second-order valence-corrected chi connectivity index (χ2v) is 9.59. The Labute approximate surface area is 243 Å². The van der Waals surface area contributed by atoms with Crippen LogP contribution in [0.25, 0.3) is 10.4 Å². The summed E-state index contributed by atoms with van der Waals surface area (Å²) in [4.78, 5) is 21.6. The smallest absolute Gasteiger partial charge is 0.266 e. The standard InChI is InChI=1S/C31H33FN6O4/c1-2-17-31(30(40)37-34-18-16-22-8-4-6-11-27(22)32)28(26-10-5-3-9-24(26)21-35-38-33)42-29(36-31)23-12-14-25(15-13-23)41-20-7-19-39/h2-6,8-15,28,34,39H,1,7,16-21H2,(H,37,40)/t28-,31-/m0/s1. The average molecular weight is 573 g/mol. The van der Waals surface area contributed by atoms with Gasteiger partial charge in [0, 0.05) is 36.5 Å². The fourth-order valence-electron chi connectivity index (χ4n) is 4.70. The van der Waals surface area contributed by atoms with Gasteiger partial charge in [-0.25, -0.2) is 14.8 Å². The number of amides is 1. The largest absolute Gasteiger partial charge is 0.494 e. The Morgan fingerprint density at radius 2 is 1.90 bits per heavy atom. The van der Waals surface area contributed by atoms with Crippen LogP contribution in [0.4, 0.5) is 4.39 Å². The van der Waals surface area contributed by atoms with E-state index in [2.05, 4.69) is 27.5 Å². The second kappa shape index (κ2) is 14.8. The molecule has 0 unspecified atom stereocenters. The highest BCUT2D eigenvalue weighted by atomic mass is 19.1. The molecule has 42 heavy (non-hydrogen) atoms. The zero-order valence-corrected chi connectivity index (χ0v) is 23.1. The molecule has 0 aromatic heterocycles. The van der Waals surface area contributed by atoms with Crippen LogP contribution in [0.15, 0.2) is 95.6 Å². The van der Waals surface area contributed by atoms with Crippen LogP contribution in [0.5, 0.6) is 5.75 Å². The van der Waals surface area contributed by atoms with E-state index in [-0.39, 0.29) is 37.8 Å². The van der Waals surface area contributed by atoms with Gasteiger partial charge in [0.1, 0.15) is 11.6 Å². The van der Waals surface area contributed by atoms with Gasteiger partial charge in [0.25, 0.3) is 5.91 Å². The molecule has 1 heterocycles. The highest BCUT2D eigenvalue weighted by molar-refractivity contribution is 6.01. The number of nitrogens with zero attached hydrogens (tertiary/aromatic N) is 4. The van der Waals surface area contributed by atoms with E-state index in [4.69, 9.17) is 25.1 Å². The highest BCUT2D eigenvalue weighted by Crippen LogP contribution is 2.44. The summed E-state index contributed by atoms with van der Waals surface area (Å²) in [5.41, 5.74) is 15.6. The quantitative estimate of drug-likeness (QED) is 0.0581. The zero-order chi connectivity index (χ0) is 29.8. The summed E-state index contributed by atoms with van der Waals surface area (Å²) in [6, 6.07) is 20.8. The van der Waals surface area contributed by atoms with Gasteiger partial charge in [-0.3, -0.25) is 10.2 Å². The number of nitrogens with one attached hydrogen (secondary N) is 2. The minimum Gasteiger partial charge on any atom is -0.494 e. The number of aliphatic hydroxyl groups is 1. The molecule has 0 radical (unpaired) electrons. The van der Waals surface area contributed by atoms with Crippen LogP contribution in [0, 0.1) is 5.82 Å². The molecular formula is C31H33FN6O4. The number of halogens is 1. The lowest BCUT2D eigenvalue weighted by atomic mass is 9.83. The van der Waals surface area contributed by atoms with Gasteiger partial charge in [0.2, 0.25) is 5.90 Å². The second-order valence-electron chi connectivity index (χ2n) is 9.59. The van der Waals surface area contributed by atoms with Crippen molar-refractivity contribution >= 4 is 11.8 Å². The molecule has 1 aliphatic heterocycles. The number of benzene rings is 3. The predicted octanol–water partition coefficient (Wildman–Crippen LogP) is 5.09. The molecule has 3 aromatic rings. The Bertz CT molecular complexity index is 1460. The number of aliphatic imine (C=N–C) groups is 1. The molecular weight excluding hydrogens is 539 g/mol. The molecule has 0 aliphatic carbocycles. The van der Waals surface area contributed by atoms with Gasteiger partial charge < -0.3 is 14.6 Å². The fraction of sp³-hybridized carbons (Fsp3) is 0.290. The molecule has 2 atom stereocenters. The Kier molecular flexibility index (Phi) is 10.7. The van der Waals surface area contributed by atoms with Crippen molar-refractivity contribution in [2.75, 3.05) is 19.8 Å². The monoisotopic (exact) mass is 572 g/mol. The molecule has 3 aromatic carbocycles. The summed E-state index contributed by atoms with van der Waals surface area (Å²) in [6.07, 6.45) is 1.75. The van der Waals surface area contributed by atoms with E-state index in [0.717, 1.165) is 0 Å². The summed E-state index contributed by atoms with van der Waals surface area (Å²) in [7, 11) is 0. The minimum absolute atomic E-state index is 0.0384. The van der Waals surface area contributed by atoms with Crippen LogP contribution in [0.2, 0.25) is 0 Å². The zero-order valence-electron chi connectivity index (χ0n) is 23.1. The normalized spacial score (nSPS) is 17.5. The lowest BCUT2D eigenvalue weighted by Crippen LogP contribution is -2.53. The van der Waals surface area contributed by atoms with Gasteiger partial charge in [0.05, 0.1) is 13.2 Å². The number of ether oxygens (including phenoxy) is 2. The number of carbonyl (C=O) groups excluding carboxylic acids is 1. The molecule has 0 saturated heterocycles. The van der Waals surface area contributed by atoms with Crippen LogP contribution < -0.4 is 15.6 Å². The van der Waals surface area contributed by atoms with Gasteiger partial charge in [0.15, 0.2) is 11.6 Å².